The molecule has 0 aromatic heterocycles. The molecule has 114 valence electrons. The molecule has 0 spiro atoms. The van der Waals surface area contributed by atoms with Crippen LogP contribution in [0.2, 0.25) is 0 Å². The molecule has 1 N–H and O–H groups in total. The van der Waals surface area contributed by atoms with Gasteiger partial charge in [0, 0.05) is 19.3 Å². The predicted octanol–water partition coefficient (Wildman–Crippen LogP) is 1.60. The van der Waals surface area contributed by atoms with E-state index >= 15 is 0 Å². The van der Waals surface area contributed by atoms with Crippen molar-refractivity contribution in [3.05, 3.63) is 47.7 Å². The predicted molar refractivity (Wildman–Crippen MR) is 77.1 cm³/mol. The number of nitrogens with one attached hydrogen (secondary N) is 1. The summed E-state index contributed by atoms with van der Waals surface area (Å²) in [5.74, 6) is -1.48. The van der Waals surface area contributed by atoms with Crippen molar-refractivity contribution in [2.75, 3.05) is 7.11 Å². The van der Waals surface area contributed by atoms with E-state index in [1.165, 1.54) is 14.0 Å². The molecular formula is C16H16N2O4. The summed E-state index contributed by atoms with van der Waals surface area (Å²) in [7, 11) is 1.21. The summed E-state index contributed by atoms with van der Waals surface area (Å²) in [6, 6.07) is 11.3. The Labute approximate surface area is 128 Å². The minimum Gasteiger partial charge on any atom is -0.465 e. The highest BCUT2D eigenvalue weighted by atomic mass is 16.6. The number of ether oxygens (including phenoxy) is 2. The fourth-order valence-electron chi connectivity index (χ4n) is 2.49. The number of amides is 1. The molecule has 1 aromatic carbocycles. The smallest absolute Gasteiger partial charge is 0.372 e. The topological polar surface area (TPSA) is 88.4 Å². The lowest BCUT2D eigenvalue weighted by Crippen LogP contribution is -2.58. The number of allylic oxidation sites excluding steroid dienone is 2. The van der Waals surface area contributed by atoms with Crippen molar-refractivity contribution in [3.63, 3.8) is 0 Å². The number of rotatable bonds is 3. The van der Waals surface area contributed by atoms with E-state index in [-0.39, 0.29) is 18.1 Å². The van der Waals surface area contributed by atoms with E-state index in [2.05, 4.69) is 5.32 Å². The Morgan fingerprint density at radius 1 is 1.41 bits per heavy atom. The quantitative estimate of drug-likeness (QED) is 0.857. The molecule has 1 aliphatic heterocycles. The SMILES string of the molecule is COC(=O)[C@@]1(NC(C)=O)C[C@@H](c2ccccc2)C=C(C#N)O1. The molecule has 0 saturated heterocycles. The standard InChI is InChI=1S/C16H16N2O4/c1-11(19)18-16(15(20)21-2)9-13(8-14(10-17)22-16)12-6-4-3-5-7-12/h3-8,13H,9H2,1-2H3,(H,18,19)/t13-,16+/m0/s1. The fourth-order valence-corrected chi connectivity index (χ4v) is 2.49. The molecule has 0 saturated carbocycles. The monoisotopic (exact) mass is 300 g/mol. The molecule has 0 bridgehead atoms. The van der Waals surface area contributed by atoms with Gasteiger partial charge in [0.05, 0.1) is 7.11 Å². The van der Waals surface area contributed by atoms with Gasteiger partial charge in [0.25, 0.3) is 5.72 Å². The van der Waals surface area contributed by atoms with E-state index in [1.807, 2.05) is 36.4 Å². The second-order valence-corrected chi connectivity index (χ2v) is 4.97. The van der Waals surface area contributed by atoms with Gasteiger partial charge >= 0.3 is 5.97 Å². The summed E-state index contributed by atoms with van der Waals surface area (Å²) in [4.78, 5) is 23.6. The van der Waals surface area contributed by atoms with Crippen molar-refractivity contribution < 1.29 is 19.1 Å². The normalized spacial score (nSPS) is 23.5. The van der Waals surface area contributed by atoms with Gasteiger partial charge in [-0.25, -0.2) is 4.79 Å². The molecule has 6 heteroatoms. The van der Waals surface area contributed by atoms with Gasteiger partial charge in [-0.1, -0.05) is 30.3 Å². The van der Waals surface area contributed by atoms with Gasteiger partial charge in [0.15, 0.2) is 5.76 Å². The average molecular weight is 300 g/mol. The van der Waals surface area contributed by atoms with E-state index in [0.717, 1.165) is 5.56 Å². The third-order valence-electron chi connectivity index (χ3n) is 3.38. The van der Waals surface area contributed by atoms with E-state index in [0.29, 0.717) is 0 Å². The van der Waals surface area contributed by atoms with E-state index in [1.54, 1.807) is 6.08 Å². The number of carbonyl (C=O) groups is 2. The summed E-state index contributed by atoms with van der Waals surface area (Å²) in [5.41, 5.74) is -0.779. The zero-order valence-corrected chi connectivity index (χ0v) is 12.3. The molecule has 6 nitrogen and oxygen atoms in total. The van der Waals surface area contributed by atoms with Gasteiger partial charge in [0.2, 0.25) is 5.91 Å². The minimum absolute atomic E-state index is 0.0285. The van der Waals surface area contributed by atoms with Gasteiger partial charge in [-0.3, -0.25) is 4.79 Å². The third-order valence-corrected chi connectivity index (χ3v) is 3.38. The van der Waals surface area contributed by atoms with Crippen molar-refractivity contribution in [2.24, 2.45) is 0 Å². The number of benzene rings is 1. The number of esters is 1. The molecule has 1 aliphatic rings. The van der Waals surface area contributed by atoms with Gasteiger partial charge in [0.1, 0.15) is 6.07 Å². The molecule has 1 amide bonds. The molecule has 0 radical (unpaired) electrons. The van der Waals surface area contributed by atoms with Gasteiger partial charge in [-0.05, 0) is 11.6 Å². The number of hydrogen-bond donors (Lipinski definition) is 1. The van der Waals surface area contributed by atoms with Crippen molar-refractivity contribution in [1.29, 1.82) is 5.26 Å². The average Bonchev–Trinajstić information content (AvgIpc) is 2.53. The number of nitriles is 1. The van der Waals surface area contributed by atoms with Crippen LogP contribution in [0.3, 0.4) is 0 Å². The summed E-state index contributed by atoms with van der Waals surface area (Å²) >= 11 is 0. The molecule has 1 aromatic rings. The van der Waals surface area contributed by atoms with E-state index in [4.69, 9.17) is 14.7 Å². The van der Waals surface area contributed by atoms with Crippen LogP contribution in [-0.2, 0) is 19.1 Å². The first-order valence-electron chi connectivity index (χ1n) is 6.74. The van der Waals surface area contributed by atoms with Crippen LogP contribution >= 0.6 is 0 Å². The highest BCUT2D eigenvalue weighted by Crippen LogP contribution is 2.36. The maximum Gasteiger partial charge on any atom is 0.372 e. The number of nitrogens with zero attached hydrogens (tertiary/aromatic N) is 1. The van der Waals surface area contributed by atoms with Crippen LogP contribution in [0.5, 0.6) is 0 Å². The second-order valence-electron chi connectivity index (χ2n) is 4.97. The Hall–Kier alpha value is -2.81. The summed E-state index contributed by atoms with van der Waals surface area (Å²) in [5, 5.41) is 11.7. The van der Waals surface area contributed by atoms with E-state index < -0.39 is 17.6 Å². The van der Waals surface area contributed by atoms with Crippen molar-refractivity contribution in [1.82, 2.24) is 5.32 Å². The summed E-state index contributed by atoms with van der Waals surface area (Å²) in [6.07, 6.45) is 1.78. The Balaban J connectivity index is 2.45. The van der Waals surface area contributed by atoms with Gasteiger partial charge in [-0.2, -0.15) is 5.26 Å². The second kappa shape index (κ2) is 6.31. The highest BCUT2D eigenvalue weighted by molar-refractivity contribution is 5.86. The summed E-state index contributed by atoms with van der Waals surface area (Å²) < 4.78 is 10.2. The largest absolute Gasteiger partial charge is 0.465 e. The van der Waals surface area contributed by atoms with Crippen molar-refractivity contribution in [3.8, 4) is 6.07 Å². The van der Waals surface area contributed by atoms with Crippen molar-refractivity contribution >= 4 is 11.9 Å². The first-order chi connectivity index (χ1) is 10.5. The van der Waals surface area contributed by atoms with Crippen LogP contribution in [0.25, 0.3) is 0 Å². The number of methoxy groups -OCH3 is 1. The Bertz CT molecular complexity index is 648. The zero-order chi connectivity index (χ0) is 16.2. The molecule has 22 heavy (non-hydrogen) atoms. The summed E-state index contributed by atoms with van der Waals surface area (Å²) in [6.45, 7) is 1.27. The lowest BCUT2D eigenvalue weighted by molar-refractivity contribution is -0.173. The fraction of sp³-hybridized carbons (Fsp3) is 0.312. The molecule has 0 unspecified atom stereocenters. The molecule has 1 heterocycles. The minimum atomic E-state index is -1.69. The zero-order valence-electron chi connectivity index (χ0n) is 12.3. The molecular weight excluding hydrogens is 284 g/mol. The van der Waals surface area contributed by atoms with Crippen molar-refractivity contribution in [2.45, 2.75) is 25.0 Å². The Morgan fingerprint density at radius 2 is 2.09 bits per heavy atom. The first kappa shape index (κ1) is 15.6. The lowest BCUT2D eigenvalue weighted by atomic mass is 9.87. The van der Waals surface area contributed by atoms with Crippen LogP contribution in [-0.4, -0.2) is 24.7 Å². The molecule has 2 atom stereocenters. The van der Waals surface area contributed by atoms with Crippen LogP contribution in [0.1, 0.15) is 24.8 Å². The van der Waals surface area contributed by atoms with Crippen LogP contribution in [0, 0.1) is 11.3 Å². The molecule has 0 aliphatic carbocycles. The van der Waals surface area contributed by atoms with Crippen LogP contribution < -0.4 is 5.32 Å². The maximum absolute atomic E-state index is 12.2. The van der Waals surface area contributed by atoms with Crippen LogP contribution in [0.4, 0.5) is 0 Å². The molecule has 0 fully saturated rings. The Kier molecular flexibility index (Phi) is 4.47. The maximum atomic E-state index is 12.2. The first-order valence-corrected chi connectivity index (χ1v) is 6.74. The Morgan fingerprint density at radius 3 is 2.64 bits per heavy atom. The number of carbonyl (C=O) groups excluding carboxylic acids is 2. The van der Waals surface area contributed by atoms with Gasteiger partial charge in [-0.15, -0.1) is 0 Å². The van der Waals surface area contributed by atoms with E-state index in [9.17, 15) is 9.59 Å². The lowest BCUT2D eigenvalue weighted by Gasteiger charge is -2.37. The third kappa shape index (κ3) is 3.09. The van der Waals surface area contributed by atoms with Crippen LogP contribution in [0.15, 0.2) is 42.2 Å². The molecule has 2 rings (SSSR count). The number of hydrogen-bond acceptors (Lipinski definition) is 5. The highest BCUT2D eigenvalue weighted by Gasteiger charge is 2.48. The van der Waals surface area contributed by atoms with Gasteiger partial charge < -0.3 is 14.8 Å².